The Balaban J connectivity index is 3.09. The van der Waals surface area contributed by atoms with E-state index in [4.69, 9.17) is 5.73 Å². The number of carbonyl (C=O) groups is 1. The molecular formula is C12H12F6N2O. The second-order valence-electron chi connectivity index (χ2n) is 4.38. The van der Waals surface area contributed by atoms with Crippen molar-refractivity contribution in [3.8, 4) is 0 Å². The van der Waals surface area contributed by atoms with E-state index in [0.717, 1.165) is 0 Å². The lowest BCUT2D eigenvalue weighted by Gasteiger charge is -2.23. The summed E-state index contributed by atoms with van der Waals surface area (Å²) >= 11 is 0. The minimum absolute atomic E-state index is 0.184. The zero-order chi connectivity index (χ0) is 16.4. The van der Waals surface area contributed by atoms with Gasteiger partial charge in [0, 0.05) is 11.7 Å². The third kappa shape index (κ3) is 4.35. The molecule has 1 rings (SSSR count). The van der Waals surface area contributed by atoms with E-state index < -0.39 is 30.2 Å². The maximum absolute atomic E-state index is 12.4. The van der Waals surface area contributed by atoms with E-state index in [9.17, 15) is 31.1 Å². The van der Waals surface area contributed by atoms with Gasteiger partial charge in [0.25, 0.3) is 0 Å². The van der Waals surface area contributed by atoms with Gasteiger partial charge in [-0.25, -0.2) is 0 Å². The van der Waals surface area contributed by atoms with Gasteiger partial charge in [0.15, 0.2) is 0 Å². The topological polar surface area (TPSA) is 55.1 Å². The van der Waals surface area contributed by atoms with Crippen molar-refractivity contribution in [1.29, 1.82) is 0 Å². The first kappa shape index (κ1) is 17.3. The number of para-hydroxylation sites is 1. The normalized spacial score (nSPS) is 14.1. The maximum Gasteiger partial charge on any atom is 0.409 e. The molecule has 1 aromatic carbocycles. The number of hydrogen-bond acceptors (Lipinski definition) is 2. The summed E-state index contributed by atoms with van der Waals surface area (Å²) in [6, 6.07) is 4.77. The van der Waals surface area contributed by atoms with E-state index in [2.05, 4.69) is 0 Å². The fraction of sp³-hybridized carbons (Fsp3) is 0.417. The summed E-state index contributed by atoms with van der Waals surface area (Å²) in [6.45, 7) is 1.48. The van der Waals surface area contributed by atoms with Crippen LogP contribution in [0.15, 0.2) is 24.3 Å². The lowest BCUT2D eigenvalue weighted by molar-refractivity contribution is -0.272. The average Bonchev–Trinajstić information content (AvgIpc) is 2.24. The van der Waals surface area contributed by atoms with Gasteiger partial charge in [0.05, 0.1) is 0 Å². The van der Waals surface area contributed by atoms with Crippen LogP contribution >= 0.6 is 0 Å². The third-order valence-corrected chi connectivity index (χ3v) is 2.63. The van der Waals surface area contributed by atoms with Crippen molar-refractivity contribution in [2.75, 3.05) is 5.32 Å². The largest absolute Gasteiger partial charge is 0.409 e. The highest BCUT2D eigenvalue weighted by Gasteiger charge is 2.61. The van der Waals surface area contributed by atoms with Gasteiger partial charge in [0.1, 0.15) is 0 Å². The smallest absolute Gasteiger partial charge is 0.325 e. The van der Waals surface area contributed by atoms with Crippen molar-refractivity contribution in [2.45, 2.75) is 25.3 Å². The Bertz CT molecular complexity index is 495. The predicted molar refractivity (Wildman–Crippen MR) is 63.3 cm³/mol. The molecule has 0 fully saturated rings. The number of halogens is 6. The van der Waals surface area contributed by atoms with Crippen LogP contribution < -0.4 is 11.1 Å². The van der Waals surface area contributed by atoms with Crippen LogP contribution in [0.1, 0.15) is 18.5 Å². The molecule has 0 heterocycles. The number of benzene rings is 1. The molecule has 0 aromatic heterocycles. The second kappa shape index (κ2) is 5.92. The first-order valence-corrected chi connectivity index (χ1v) is 5.73. The van der Waals surface area contributed by atoms with Crippen molar-refractivity contribution in [3.63, 3.8) is 0 Å². The van der Waals surface area contributed by atoms with Gasteiger partial charge in [-0.1, -0.05) is 18.2 Å². The Kier molecular flexibility index (Phi) is 4.87. The molecule has 21 heavy (non-hydrogen) atoms. The Morgan fingerprint density at radius 1 is 1.10 bits per heavy atom. The van der Waals surface area contributed by atoms with E-state index >= 15 is 0 Å². The molecule has 0 aliphatic rings. The summed E-state index contributed by atoms with van der Waals surface area (Å²) in [5, 5.41) is 1.65. The molecule has 0 radical (unpaired) electrons. The zero-order valence-electron chi connectivity index (χ0n) is 10.7. The summed E-state index contributed by atoms with van der Waals surface area (Å²) in [5.41, 5.74) is 5.59. The monoisotopic (exact) mass is 314 g/mol. The highest BCUT2D eigenvalue weighted by atomic mass is 19.4. The van der Waals surface area contributed by atoms with Crippen LogP contribution in [0.25, 0.3) is 0 Å². The highest BCUT2D eigenvalue weighted by Crippen LogP contribution is 2.40. The van der Waals surface area contributed by atoms with Gasteiger partial charge in [-0.15, -0.1) is 0 Å². The average molecular weight is 314 g/mol. The summed E-state index contributed by atoms with van der Waals surface area (Å²) in [7, 11) is 0. The van der Waals surface area contributed by atoms with Crippen molar-refractivity contribution in [1.82, 2.24) is 0 Å². The van der Waals surface area contributed by atoms with Crippen molar-refractivity contribution < 1.29 is 31.1 Å². The first-order valence-electron chi connectivity index (χ1n) is 5.73. The Morgan fingerprint density at radius 3 is 2.00 bits per heavy atom. The lowest BCUT2D eigenvalue weighted by atomic mass is 10.0. The molecule has 1 amide bonds. The number of anilines is 1. The molecular weight excluding hydrogens is 302 g/mol. The quantitative estimate of drug-likeness (QED) is 0.840. The van der Waals surface area contributed by atoms with E-state index in [-0.39, 0.29) is 11.3 Å². The SMILES string of the molecule is CC(N)c1ccccc1NC(=O)C(C(F)(F)F)C(F)(F)F. The van der Waals surface area contributed by atoms with Crippen LogP contribution in [0.2, 0.25) is 0 Å². The minimum Gasteiger partial charge on any atom is -0.325 e. The van der Waals surface area contributed by atoms with E-state index in [1.54, 1.807) is 5.32 Å². The van der Waals surface area contributed by atoms with Crippen LogP contribution in [0.4, 0.5) is 32.0 Å². The number of amides is 1. The predicted octanol–water partition coefficient (Wildman–Crippen LogP) is 3.39. The molecule has 0 aliphatic carbocycles. The van der Waals surface area contributed by atoms with E-state index in [1.165, 1.54) is 31.2 Å². The summed E-state index contributed by atoms with van der Waals surface area (Å²) < 4.78 is 74.5. The van der Waals surface area contributed by atoms with Crippen molar-refractivity contribution in [3.05, 3.63) is 29.8 Å². The van der Waals surface area contributed by atoms with E-state index in [0.29, 0.717) is 0 Å². The molecule has 0 saturated carbocycles. The number of carbonyl (C=O) groups excluding carboxylic acids is 1. The third-order valence-electron chi connectivity index (χ3n) is 2.63. The van der Waals surface area contributed by atoms with Crippen LogP contribution in [-0.4, -0.2) is 18.3 Å². The summed E-state index contributed by atoms with van der Waals surface area (Å²) in [6.07, 6.45) is -11.5. The number of alkyl halides is 6. The molecule has 3 N–H and O–H groups in total. The number of nitrogens with two attached hydrogens (primary N) is 1. The molecule has 1 aromatic rings. The van der Waals surface area contributed by atoms with Crippen LogP contribution in [0.5, 0.6) is 0 Å². The zero-order valence-corrected chi connectivity index (χ0v) is 10.7. The number of hydrogen-bond donors (Lipinski definition) is 2. The fourth-order valence-corrected chi connectivity index (χ4v) is 1.70. The maximum atomic E-state index is 12.4. The number of nitrogens with one attached hydrogen (secondary N) is 1. The van der Waals surface area contributed by atoms with E-state index in [1.807, 2.05) is 0 Å². The molecule has 9 heteroatoms. The Hall–Kier alpha value is -1.77. The summed E-state index contributed by atoms with van der Waals surface area (Å²) in [4.78, 5) is 11.4. The van der Waals surface area contributed by atoms with Crippen LogP contribution in [0.3, 0.4) is 0 Å². The van der Waals surface area contributed by atoms with Crippen LogP contribution in [-0.2, 0) is 4.79 Å². The van der Waals surface area contributed by atoms with Gasteiger partial charge in [0.2, 0.25) is 11.8 Å². The van der Waals surface area contributed by atoms with Gasteiger partial charge in [-0.3, -0.25) is 4.79 Å². The van der Waals surface area contributed by atoms with Gasteiger partial charge >= 0.3 is 12.4 Å². The second-order valence-corrected chi connectivity index (χ2v) is 4.38. The lowest BCUT2D eigenvalue weighted by Crippen LogP contribution is -2.45. The molecule has 118 valence electrons. The summed E-state index contributed by atoms with van der Waals surface area (Å²) in [5.74, 6) is -6.28. The molecule has 0 spiro atoms. The number of rotatable bonds is 3. The van der Waals surface area contributed by atoms with Gasteiger partial charge in [-0.2, -0.15) is 26.3 Å². The molecule has 3 nitrogen and oxygen atoms in total. The molecule has 1 atom stereocenters. The first-order chi connectivity index (χ1) is 9.44. The van der Waals surface area contributed by atoms with Crippen LogP contribution in [0, 0.1) is 5.92 Å². The molecule has 1 unspecified atom stereocenters. The molecule has 0 saturated heterocycles. The Morgan fingerprint density at radius 2 is 1.57 bits per heavy atom. The van der Waals surface area contributed by atoms with Gasteiger partial charge in [-0.05, 0) is 18.6 Å². The van der Waals surface area contributed by atoms with Crippen molar-refractivity contribution in [2.24, 2.45) is 11.7 Å². The standard InChI is InChI=1S/C12H12F6N2O/c1-6(19)7-4-2-3-5-8(7)20-10(21)9(11(13,14)15)12(16,17)18/h2-6,9H,19H2,1H3,(H,20,21). The molecule has 0 bridgehead atoms. The van der Waals surface area contributed by atoms with Crippen molar-refractivity contribution >= 4 is 11.6 Å². The highest BCUT2D eigenvalue weighted by molar-refractivity contribution is 5.94. The minimum atomic E-state index is -5.73. The fourth-order valence-electron chi connectivity index (χ4n) is 1.70. The Labute approximate surface area is 116 Å². The van der Waals surface area contributed by atoms with Gasteiger partial charge < -0.3 is 11.1 Å². The molecule has 0 aliphatic heterocycles.